The van der Waals surface area contributed by atoms with E-state index < -0.39 is 0 Å². The lowest BCUT2D eigenvalue weighted by Crippen LogP contribution is -2.51. The molecule has 1 fully saturated rings. The predicted molar refractivity (Wildman–Crippen MR) is 76.3 cm³/mol. The second-order valence-electron chi connectivity index (χ2n) is 4.55. The Bertz CT molecular complexity index is 543. The van der Waals surface area contributed by atoms with Gasteiger partial charge in [0, 0.05) is 18.8 Å². The molecule has 19 heavy (non-hydrogen) atoms. The summed E-state index contributed by atoms with van der Waals surface area (Å²) in [6.07, 6.45) is 3.31. The van der Waals surface area contributed by atoms with Crippen molar-refractivity contribution < 1.29 is 5.11 Å². The van der Waals surface area contributed by atoms with Crippen molar-refractivity contribution in [1.82, 2.24) is 9.97 Å². The number of anilines is 1. The van der Waals surface area contributed by atoms with Crippen molar-refractivity contribution in [2.45, 2.75) is 16.9 Å². The fourth-order valence-electron chi connectivity index (χ4n) is 1.93. The maximum absolute atomic E-state index is 9.31. The van der Waals surface area contributed by atoms with Gasteiger partial charge in [-0.3, -0.25) is 4.98 Å². The molecule has 5 heteroatoms. The standard InChI is InChI=1S/C14H15N3OS/c18-12-8-17(9-12)13-6-15-7-14(16-13)19-10-11-4-2-1-3-5-11/h1-7,12,18H,8-10H2. The third kappa shape index (κ3) is 3.05. The predicted octanol–water partition coefficient (Wildman–Crippen LogP) is 1.95. The first-order valence-electron chi connectivity index (χ1n) is 6.23. The number of hydrogen-bond donors (Lipinski definition) is 1. The summed E-state index contributed by atoms with van der Waals surface area (Å²) >= 11 is 1.68. The van der Waals surface area contributed by atoms with Crippen LogP contribution < -0.4 is 4.90 Å². The highest BCUT2D eigenvalue weighted by Gasteiger charge is 2.25. The average Bonchev–Trinajstić information content (AvgIpc) is 2.43. The number of β-amino-alcohol motifs (C(OH)–C–C–N with tert-alkyl or cyclic N) is 1. The highest BCUT2D eigenvalue weighted by atomic mass is 32.2. The molecule has 0 atom stereocenters. The topological polar surface area (TPSA) is 49.2 Å². The molecule has 0 bridgehead atoms. The number of benzene rings is 1. The molecule has 1 aliphatic rings. The van der Waals surface area contributed by atoms with E-state index in [1.54, 1.807) is 24.2 Å². The zero-order valence-corrected chi connectivity index (χ0v) is 11.3. The number of aromatic nitrogens is 2. The molecule has 0 spiro atoms. The molecule has 0 amide bonds. The lowest BCUT2D eigenvalue weighted by Gasteiger charge is -2.36. The van der Waals surface area contributed by atoms with Crippen LogP contribution in [0.4, 0.5) is 5.82 Å². The Morgan fingerprint density at radius 1 is 1.21 bits per heavy atom. The van der Waals surface area contributed by atoms with Gasteiger partial charge < -0.3 is 10.0 Å². The molecular formula is C14H15N3OS. The maximum atomic E-state index is 9.31. The highest BCUT2D eigenvalue weighted by Crippen LogP contribution is 2.24. The Kier molecular flexibility index (Phi) is 3.66. The van der Waals surface area contributed by atoms with Crippen molar-refractivity contribution >= 4 is 17.6 Å². The summed E-state index contributed by atoms with van der Waals surface area (Å²) in [4.78, 5) is 10.8. The first-order valence-corrected chi connectivity index (χ1v) is 7.21. The fourth-order valence-corrected chi connectivity index (χ4v) is 2.73. The minimum atomic E-state index is -0.220. The van der Waals surface area contributed by atoms with E-state index in [2.05, 4.69) is 22.1 Å². The van der Waals surface area contributed by atoms with Crippen LogP contribution in [0, 0.1) is 0 Å². The zero-order valence-electron chi connectivity index (χ0n) is 10.4. The monoisotopic (exact) mass is 273 g/mol. The van der Waals surface area contributed by atoms with Crippen LogP contribution in [-0.2, 0) is 5.75 Å². The third-order valence-electron chi connectivity index (χ3n) is 3.02. The third-order valence-corrected chi connectivity index (χ3v) is 3.99. The van der Waals surface area contributed by atoms with Crippen LogP contribution in [0.1, 0.15) is 5.56 Å². The summed E-state index contributed by atoms with van der Waals surface area (Å²) in [6, 6.07) is 10.3. The van der Waals surface area contributed by atoms with Gasteiger partial charge in [-0.1, -0.05) is 30.3 Å². The first kappa shape index (κ1) is 12.4. The Labute approximate surface area is 116 Å². The molecule has 98 valence electrons. The summed E-state index contributed by atoms with van der Waals surface area (Å²) in [5, 5.41) is 10.2. The maximum Gasteiger partial charge on any atom is 0.148 e. The average molecular weight is 273 g/mol. The van der Waals surface area contributed by atoms with Crippen LogP contribution in [0.25, 0.3) is 0 Å². The van der Waals surface area contributed by atoms with Crippen molar-refractivity contribution in [3.63, 3.8) is 0 Å². The summed E-state index contributed by atoms with van der Waals surface area (Å²) in [5.74, 6) is 1.74. The Morgan fingerprint density at radius 3 is 2.74 bits per heavy atom. The zero-order chi connectivity index (χ0) is 13.1. The van der Waals surface area contributed by atoms with E-state index in [0.717, 1.165) is 16.6 Å². The van der Waals surface area contributed by atoms with Crippen LogP contribution in [0.2, 0.25) is 0 Å². The lowest BCUT2D eigenvalue weighted by molar-refractivity contribution is 0.141. The number of hydrogen-bond acceptors (Lipinski definition) is 5. The van der Waals surface area contributed by atoms with E-state index in [1.807, 2.05) is 23.1 Å². The van der Waals surface area contributed by atoms with Crippen molar-refractivity contribution in [3.05, 3.63) is 48.3 Å². The number of aliphatic hydroxyl groups excluding tert-OH is 1. The van der Waals surface area contributed by atoms with E-state index >= 15 is 0 Å². The van der Waals surface area contributed by atoms with Crippen LogP contribution in [0.15, 0.2) is 47.8 Å². The summed E-state index contributed by atoms with van der Waals surface area (Å²) in [7, 11) is 0. The van der Waals surface area contributed by atoms with Crippen LogP contribution >= 0.6 is 11.8 Å². The van der Waals surface area contributed by atoms with E-state index in [4.69, 9.17) is 0 Å². The van der Waals surface area contributed by atoms with Crippen LogP contribution in [0.3, 0.4) is 0 Å². The number of rotatable bonds is 4. The Hall–Kier alpha value is -1.59. The first-order chi connectivity index (χ1) is 9.31. The van der Waals surface area contributed by atoms with Gasteiger partial charge in [0.2, 0.25) is 0 Å². The Balaban J connectivity index is 1.63. The van der Waals surface area contributed by atoms with Gasteiger partial charge in [-0.2, -0.15) is 0 Å². The van der Waals surface area contributed by atoms with Gasteiger partial charge in [0.15, 0.2) is 0 Å². The van der Waals surface area contributed by atoms with E-state index in [-0.39, 0.29) is 6.10 Å². The summed E-state index contributed by atoms with van der Waals surface area (Å²) in [5.41, 5.74) is 1.28. The van der Waals surface area contributed by atoms with Crippen LogP contribution in [0.5, 0.6) is 0 Å². The number of thioether (sulfide) groups is 1. The van der Waals surface area contributed by atoms with E-state index in [9.17, 15) is 5.11 Å². The van der Waals surface area contributed by atoms with Gasteiger partial charge in [0.1, 0.15) is 10.8 Å². The molecule has 3 rings (SSSR count). The molecule has 1 saturated heterocycles. The minimum Gasteiger partial charge on any atom is -0.389 e. The molecule has 0 radical (unpaired) electrons. The molecule has 2 heterocycles. The van der Waals surface area contributed by atoms with Gasteiger partial charge in [-0.15, -0.1) is 11.8 Å². The molecule has 0 aliphatic carbocycles. The van der Waals surface area contributed by atoms with Crippen molar-refractivity contribution in [1.29, 1.82) is 0 Å². The molecule has 1 aromatic heterocycles. The largest absolute Gasteiger partial charge is 0.389 e. The molecule has 2 aromatic rings. The molecule has 1 aromatic carbocycles. The minimum absolute atomic E-state index is 0.220. The molecule has 0 unspecified atom stereocenters. The normalized spacial score (nSPS) is 15.3. The second-order valence-corrected chi connectivity index (χ2v) is 5.54. The van der Waals surface area contributed by atoms with E-state index in [0.29, 0.717) is 13.1 Å². The van der Waals surface area contributed by atoms with Gasteiger partial charge in [-0.05, 0) is 5.56 Å². The van der Waals surface area contributed by atoms with Crippen molar-refractivity contribution in [2.24, 2.45) is 0 Å². The quantitative estimate of drug-likeness (QED) is 0.863. The number of aliphatic hydroxyl groups is 1. The SMILES string of the molecule is OC1CN(c2cncc(SCc3ccccc3)n2)C1. The summed E-state index contributed by atoms with van der Waals surface area (Å²) < 4.78 is 0. The van der Waals surface area contributed by atoms with Crippen molar-refractivity contribution in [2.75, 3.05) is 18.0 Å². The molecule has 1 N–H and O–H groups in total. The summed E-state index contributed by atoms with van der Waals surface area (Å²) in [6.45, 7) is 1.31. The molecule has 1 aliphatic heterocycles. The molecule has 0 saturated carbocycles. The van der Waals surface area contributed by atoms with Gasteiger partial charge >= 0.3 is 0 Å². The highest BCUT2D eigenvalue weighted by molar-refractivity contribution is 7.98. The van der Waals surface area contributed by atoms with Crippen molar-refractivity contribution in [3.8, 4) is 0 Å². The number of nitrogens with zero attached hydrogens (tertiary/aromatic N) is 3. The van der Waals surface area contributed by atoms with E-state index in [1.165, 1.54) is 5.56 Å². The Morgan fingerprint density at radius 2 is 2.00 bits per heavy atom. The fraction of sp³-hybridized carbons (Fsp3) is 0.286. The molecule has 4 nitrogen and oxygen atoms in total. The van der Waals surface area contributed by atoms with Gasteiger partial charge in [-0.25, -0.2) is 4.98 Å². The molecular weight excluding hydrogens is 258 g/mol. The van der Waals surface area contributed by atoms with Gasteiger partial charge in [0.25, 0.3) is 0 Å². The lowest BCUT2D eigenvalue weighted by atomic mass is 10.2. The smallest absolute Gasteiger partial charge is 0.148 e. The second kappa shape index (κ2) is 5.59. The van der Waals surface area contributed by atoms with Crippen LogP contribution in [-0.4, -0.2) is 34.3 Å². The van der Waals surface area contributed by atoms with Gasteiger partial charge in [0.05, 0.1) is 18.5 Å².